The van der Waals surface area contributed by atoms with E-state index in [1.807, 2.05) is 14.1 Å². The zero-order valence-corrected chi connectivity index (χ0v) is 7.81. The molecule has 3 nitrogen and oxygen atoms in total. The second-order valence-electron chi connectivity index (χ2n) is 1.88. The van der Waals surface area contributed by atoms with Crippen LogP contribution in [0, 0.1) is 0 Å². The molecular weight excluding hydrogens is 198 g/mol. The van der Waals surface area contributed by atoms with E-state index in [0.717, 1.165) is 0 Å². The Labute approximate surface area is 68.8 Å². The monoisotopic (exact) mass is 207 g/mol. The highest BCUT2D eigenvalue weighted by Crippen LogP contribution is 2.06. The van der Waals surface area contributed by atoms with Crippen LogP contribution in [-0.4, -0.2) is 32.1 Å². The van der Waals surface area contributed by atoms with Crippen molar-refractivity contribution >= 4 is 21.9 Å². The molecule has 4 heteroatoms. The van der Waals surface area contributed by atoms with Crippen LogP contribution in [0.5, 0.6) is 0 Å². The smallest absolute Gasteiger partial charge is 0.333 e. The third kappa shape index (κ3) is 3.50. The van der Waals surface area contributed by atoms with Crippen molar-refractivity contribution in [1.82, 2.24) is 4.90 Å². The highest BCUT2D eigenvalue weighted by molar-refractivity contribution is 9.11. The lowest BCUT2D eigenvalue weighted by molar-refractivity contribution is -0.134. The molecule has 0 rings (SSSR count). The molecule has 0 radical (unpaired) electrons. The van der Waals surface area contributed by atoms with Crippen molar-refractivity contribution in [3.63, 3.8) is 0 Å². The van der Waals surface area contributed by atoms with Gasteiger partial charge in [0.05, 0.1) is 17.8 Å². The average molecular weight is 208 g/mol. The highest BCUT2D eigenvalue weighted by atomic mass is 79.9. The van der Waals surface area contributed by atoms with Gasteiger partial charge in [0.25, 0.3) is 0 Å². The van der Waals surface area contributed by atoms with E-state index in [4.69, 9.17) is 0 Å². The molecule has 0 fully saturated rings. The van der Waals surface area contributed by atoms with Gasteiger partial charge in [0.2, 0.25) is 0 Å². The molecule has 0 N–H and O–H groups in total. The van der Waals surface area contributed by atoms with Gasteiger partial charge in [-0.05, 0) is 15.9 Å². The molecule has 0 unspecified atom stereocenters. The van der Waals surface area contributed by atoms with Crippen LogP contribution in [0.2, 0.25) is 0 Å². The van der Waals surface area contributed by atoms with Gasteiger partial charge in [-0.15, -0.1) is 0 Å². The average Bonchev–Trinajstić information content (AvgIpc) is 1.87. The molecule has 0 saturated heterocycles. The predicted octanol–water partition coefficient (Wildman–Crippen LogP) is 0.957. The summed E-state index contributed by atoms with van der Waals surface area (Å²) in [4.78, 5) is 12.3. The normalized spacial score (nSPS) is 11.0. The molecule has 10 heavy (non-hydrogen) atoms. The van der Waals surface area contributed by atoms with Crippen molar-refractivity contribution < 1.29 is 9.53 Å². The molecule has 0 atom stereocenters. The third-order valence-corrected chi connectivity index (χ3v) is 1.80. The minimum atomic E-state index is -0.361. The van der Waals surface area contributed by atoms with Crippen LogP contribution in [0.3, 0.4) is 0 Å². The van der Waals surface area contributed by atoms with Crippen LogP contribution in [0.1, 0.15) is 0 Å². The Hall–Kier alpha value is -0.510. The number of hydrogen-bond donors (Lipinski definition) is 0. The first-order valence-corrected chi connectivity index (χ1v) is 3.49. The molecule has 0 aromatic carbocycles. The molecule has 0 spiro atoms. The van der Waals surface area contributed by atoms with Gasteiger partial charge in [-0.2, -0.15) is 0 Å². The number of carbonyl (C=O) groups excluding carboxylic acids is 1. The largest absolute Gasteiger partial charge is 0.466 e. The molecule has 0 aliphatic heterocycles. The first-order chi connectivity index (χ1) is 4.57. The fourth-order valence-corrected chi connectivity index (χ4v) is 0.472. The van der Waals surface area contributed by atoms with Crippen LogP contribution < -0.4 is 0 Å². The Kier molecular flexibility index (Phi) is 4.11. The number of hydrogen-bond acceptors (Lipinski definition) is 3. The topological polar surface area (TPSA) is 29.5 Å². The summed E-state index contributed by atoms with van der Waals surface area (Å²) in [5.41, 5.74) is 0. The Balaban J connectivity index is 4.03. The summed E-state index contributed by atoms with van der Waals surface area (Å²) in [6.45, 7) is 0. The van der Waals surface area contributed by atoms with Crippen molar-refractivity contribution in [3.05, 3.63) is 10.7 Å². The van der Waals surface area contributed by atoms with Gasteiger partial charge in [0, 0.05) is 14.1 Å². The summed E-state index contributed by atoms with van der Waals surface area (Å²) >= 11 is 3.17. The fraction of sp³-hybridized carbons (Fsp3) is 0.500. The van der Waals surface area contributed by atoms with Crippen molar-refractivity contribution in [2.75, 3.05) is 21.2 Å². The molecule has 0 bridgehead atoms. The number of rotatable bonds is 2. The summed E-state index contributed by atoms with van der Waals surface area (Å²) in [6.07, 6.45) is 1.36. The molecule has 0 saturated carbocycles. The zero-order valence-electron chi connectivity index (χ0n) is 6.22. The van der Waals surface area contributed by atoms with Crippen LogP contribution in [-0.2, 0) is 9.53 Å². The Morgan fingerprint density at radius 1 is 1.60 bits per heavy atom. The summed E-state index contributed by atoms with van der Waals surface area (Å²) in [6, 6.07) is 0. The summed E-state index contributed by atoms with van der Waals surface area (Å²) < 4.78 is 5.09. The van der Waals surface area contributed by atoms with E-state index >= 15 is 0 Å². The summed E-state index contributed by atoms with van der Waals surface area (Å²) in [5.74, 6) is -0.361. The minimum Gasteiger partial charge on any atom is -0.466 e. The fourth-order valence-electron chi connectivity index (χ4n) is 0.285. The quantitative estimate of drug-likeness (QED) is 0.384. The van der Waals surface area contributed by atoms with Crippen LogP contribution in [0.15, 0.2) is 10.7 Å². The maximum absolute atomic E-state index is 10.6. The zero-order chi connectivity index (χ0) is 8.15. The van der Waals surface area contributed by atoms with Crippen LogP contribution >= 0.6 is 15.9 Å². The predicted molar refractivity (Wildman–Crippen MR) is 42.7 cm³/mol. The van der Waals surface area contributed by atoms with Gasteiger partial charge in [-0.3, -0.25) is 0 Å². The van der Waals surface area contributed by atoms with E-state index in [2.05, 4.69) is 20.7 Å². The van der Waals surface area contributed by atoms with E-state index < -0.39 is 0 Å². The SMILES string of the molecule is COC(=O)/C=C(\Br)N(C)C. The molecular formula is C6H10BrNO2. The molecule has 0 aromatic rings. The van der Waals surface area contributed by atoms with Gasteiger partial charge in [0.1, 0.15) is 0 Å². The number of esters is 1. The third-order valence-electron chi connectivity index (χ3n) is 0.865. The van der Waals surface area contributed by atoms with Crippen LogP contribution in [0.25, 0.3) is 0 Å². The van der Waals surface area contributed by atoms with Crippen molar-refractivity contribution in [3.8, 4) is 0 Å². The van der Waals surface area contributed by atoms with E-state index in [0.29, 0.717) is 4.61 Å². The van der Waals surface area contributed by atoms with Crippen LogP contribution in [0.4, 0.5) is 0 Å². The van der Waals surface area contributed by atoms with E-state index in [1.54, 1.807) is 4.90 Å². The summed E-state index contributed by atoms with van der Waals surface area (Å²) in [7, 11) is 4.99. The van der Waals surface area contributed by atoms with Crippen molar-refractivity contribution in [2.24, 2.45) is 0 Å². The van der Waals surface area contributed by atoms with Crippen molar-refractivity contribution in [2.45, 2.75) is 0 Å². The molecule has 58 valence electrons. The molecule has 0 aliphatic rings. The van der Waals surface area contributed by atoms with Gasteiger partial charge in [0.15, 0.2) is 0 Å². The Morgan fingerprint density at radius 2 is 2.10 bits per heavy atom. The maximum Gasteiger partial charge on any atom is 0.333 e. The first kappa shape index (κ1) is 9.49. The number of halogens is 1. The van der Waals surface area contributed by atoms with Crippen molar-refractivity contribution in [1.29, 1.82) is 0 Å². The lowest BCUT2D eigenvalue weighted by atomic mass is 10.6. The van der Waals surface area contributed by atoms with Gasteiger partial charge in [-0.25, -0.2) is 4.79 Å². The second kappa shape index (κ2) is 4.33. The Bertz CT molecular complexity index is 154. The minimum absolute atomic E-state index is 0.361. The van der Waals surface area contributed by atoms with Gasteiger partial charge in [-0.1, -0.05) is 0 Å². The number of nitrogens with zero attached hydrogens (tertiary/aromatic N) is 1. The van der Waals surface area contributed by atoms with Gasteiger partial charge < -0.3 is 9.64 Å². The first-order valence-electron chi connectivity index (χ1n) is 2.70. The molecule has 0 aliphatic carbocycles. The van der Waals surface area contributed by atoms with E-state index in [-0.39, 0.29) is 5.97 Å². The molecule has 0 amide bonds. The van der Waals surface area contributed by atoms with E-state index in [1.165, 1.54) is 13.2 Å². The second-order valence-corrected chi connectivity index (χ2v) is 2.70. The lowest BCUT2D eigenvalue weighted by Gasteiger charge is -2.08. The standard InChI is InChI=1S/C6H10BrNO2/c1-8(2)5(7)4-6(9)10-3/h4H,1-3H3/b5-4+. The highest BCUT2D eigenvalue weighted by Gasteiger charge is 1.98. The number of ether oxygens (including phenoxy) is 1. The number of carbonyl (C=O) groups is 1. The molecule has 0 heterocycles. The van der Waals surface area contributed by atoms with Gasteiger partial charge >= 0.3 is 5.97 Å². The van der Waals surface area contributed by atoms with E-state index in [9.17, 15) is 4.79 Å². The maximum atomic E-state index is 10.6. The lowest BCUT2D eigenvalue weighted by Crippen LogP contribution is -2.08. The molecule has 0 aromatic heterocycles. The Morgan fingerprint density at radius 3 is 2.40 bits per heavy atom. The summed E-state index contributed by atoms with van der Waals surface area (Å²) in [5, 5.41) is 0. The number of methoxy groups -OCH3 is 1.